The number of fused-ring (bicyclic) bond motifs is 1. The van der Waals surface area contributed by atoms with Gasteiger partial charge in [0.15, 0.2) is 5.78 Å². The molecule has 3 N–H and O–H groups in total. The lowest BCUT2D eigenvalue weighted by Gasteiger charge is -2.15. The summed E-state index contributed by atoms with van der Waals surface area (Å²) in [6, 6.07) is 13.9. The molecule has 1 heterocycles. The van der Waals surface area contributed by atoms with Crippen LogP contribution in [-0.2, 0) is 13.0 Å². The number of hydrogen-bond acceptors (Lipinski definition) is 7. The quantitative estimate of drug-likeness (QED) is 0.482. The molecular weight excluding hydrogens is 392 g/mol. The van der Waals surface area contributed by atoms with Gasteiger partial charge >= 0.3 is 0 Å². The van der Waals surface area contributed by atoms with E-state index in [1.807, 2.05) is 24.3 Å². The van der Waals surface area contributed by atoms with Crippen molar-refractivity contribution < 1.29 is 14.6 Å². The van der Waals surface area contributed by atoms with Crippen molar-refractivity contribution >= 4 is 17.4 Å². The molecule has 7 nitrogen and oxygen atoms in total. The normalized spacial score (nSPS) is 12.7. The smallest absolute Gasteiger partial charge is 0.230 e. The second kappa shape index (κ2) is 9.24. The molecule has 0 saturated carbocycles. The van der Waals surface area contributed by atoms with Crippen LogP contribution in [0.25, 0.3) is 11.1 Å². The Balaban J connectivity index is 1.62. The van der Waals surface area contributed by atoms with Gasteiger partial charge in [-0.2, -0.15) is 4.98 Å². The van der Waals surface area contributed by atoms with Gasteiger partial charge in [-0.15, -0.1) is 0 Å². The summed E-state index contributed by atoms with van der Waals surface area (Å²) >= 11 is 0. The maximum atomic E-state index is 11.9. The average Bonchev–Trinajstić information content (AvgIpc) is 3.15. The number of carbonyl (C=O) groups excluding carboxylic acids is 1. The summed E-state index contributed by atoms with van der Waals surface area (Å²) in [5, 5.41) is 15.4. The molecule has 0 bridgehead atoms. The second-order valence-corrected chi connectivity index (χ2v) is 7.52. The van der Waals surface area contributed by atoms with Gasteiger partial charge in [0, 0.05) is 36.8 Å². The Labute approximate surface area is 181 Å². The lowest BCUT2D eigenvalue weighted by Crippen LogP contribution is -2.18. The van der Waals surface area contributed by atoms with E-state index in [0.29, 0.717) is 31.3 Å². The van der Waals surface area contributed by atoms with Crippen LogP contribution in [0.15, 0.2) is 42.5 Å². The topological polar surface area (TPSA) is 96.4 Å². The van der Waals surface area contributed by atoms with Crippen LogP contribution in [-0.4, -0.2) is 41.1 Å². The number of aliphatic hydroxyl groups excluding tert-OH is 1. The number of Topliss-reactive ketones (excluding diaryl/α,β-unsaturated/α-hetero) is 1. The standard InChI is InChI=1S/C24H26N4O3/c1-15-19(16-6-8-20-17(12-16)7-9-22(20)30)4-3-5-21(15)27-24-26-18(14-25-10-11-29)13-23(28-24)31-2/h3-6,8,12-13,25,29H,7,9-11,14H2,1-2H3,(H,26,27,28). The zero-order valence-corrected chi connectivity index (χ0v) is 17.7. The molecule has 160 valence electrons. The van der Waals surface area contributed by atoms with Crippen LogP contribution in [0.5, 0.6) is 5.88 Å². The number of anilines is 2. The first-order valence-electron chi connectivity index (χ1n) is 10.4. The number of methoxy groups -OCH3 is 1. The van der Waals surface area contributed by atoms with E-state index >= 15 is 0 Å². The number of carbonyl (C=O) groups is 1. The molecule has 7 heteroatoms. The minimum atomic E-state index is 0.0656. The second-order valence-electron chi connectivity index (χ2n) is 7.52. The molecule has 0 fully saturated rings. The summed E-state index contributed by atoms with van der Waals surface area (Å²) < 4.78 is 5.32. The summed E-state index contributed by atoms with van der Waals surface area (Å²) in [5.41, 5.74) is 6.89. The van der Waals surface area contributed by atoms with Gasteiger partial charge in [-0.05, 0) is 41.7 Å². The molecule has 0 spiro atoms. The van der Waals surface area contributed by atoms with Crippen molar-refractivity contribution in [3.05, 3.63) is 64.8 Å². The Morgan fingerprint density at radius 3 is 2.77 bits per heavy atom. The third-order valence-electron chi connectivity index (χ3n) is 5.48. The van der Waals surface area contributed by atoms with Crippen LogP contribution < -0.4 is 15.4 Å². The van der Waals surface area contributed by atoms with Crippen LogP contribution in [0.1, 0.15) is 33.6 Å². The van der Waals surface area contributed by atoms with Gasteiger partial charge in [0.2, 0.25) is 11.8 Å². The Morgan fingerprint density at radius 1 is 1.10 bits per heavy atom. The first-order chi connectivity index (χ1) is 15.1. The number of hydrogen-bond donors (Lipinski definition) is 3. The van der Waals surface area contributed by atoms with Crippen LogP contribution in [0.3, 0.4) is 0 Å². The van der Waals surface area contributed by atoms with Crippen molar-refractivity contribution in [2.24, 2.45) is 0 Å². The van der Waals surface area contributed by atoms with Crippen molar-refractivity contribution in [2.45, 2.75) is 26.3 Å². The van der Waals surface area contributed by atoms with Gasteiger partial charge < -0.3 is 20.5 Å². The van der Waals surface area contributed by atoms with Gasteiger partial charge in [0.1, 0.15) is 0 Å². The molecule has 0 amide bonds. The Bertz CT molecular complexity index is 1110. The summed E-state index contributed by atoms with van der Waals surface area (Å²) in [5.74, 6) is 1.14. The highest BCUT2D eigenvalue weighted by molar-refractivity contribution is 6.01. The molecule has 1 aliphatic carbocycles. The summed E-state index contributed by atoms with van der Waals surface area (Å²) in [7, 11) is 1.57. The highest BCUT2D eigenvalue weighted by Crippen LogP contribution is 2.33. The molecule has 0 aliphatic heterocycles. The number of aromatic nitrogens is 2. The predicted molar refractivity (Wildman–Crippen MR) is 120 cm³/mol. The maximum absolute atomic E-state index is 11.9. The number of ketones is 1. The first-order valence-corrected chi connectivity index (χ1v) is 10.4. The molecule has 0 unspecified atom stereocenters. The number of rotatable bonds is 8. The molecular formula is C24H26N4O3. The van der Waals surface area contributed by atoms with E-state index in [1.165, 1.54) is 0 Å². The minimum absolute atomic E-state index is 0.0656. The number of nitrogens with one attached hydrogen (secondary N) is 2. The van der Waals surface area contributed by atoms with Gasteiger partial charge in [-0.3, -0.25) is 4.79 Å². The third-order valence-corrected chi connectivity index (χ3v) is 5.48. The number of nitrogens with zero attached hydrogens (tertiary/aromatic N) is 2. The van der Waals surface area contributed by atoms with Crippen molar-refractivity contribution in [3.8, 4) is 17.0 Å². The van der Waals surface area contributed by atoms with Crippen LogP contribution in [0.2, 0.25) is 0 Å². The average molecular weight is 418 g/mol. The van der Waals surface area contributed by atoms with E-state index in [4.69, 9.17) is 9.84 Å². The van der Waals surface area contributed by atoms with Gasteiger partial charge in [-0.25, -0.2) is 4.98 Å². The molecule has 1 aromatic heterocycles. The van der Waals surface area contributed by atoms with Gasteiger partial charge in [0.25, 0.3) is 0 Å². The van der Waals surface area contributed by atoms with E-state index in [-0.39, 0.29) is 12.4 Å². The number of aliphatic hydroxyl groups is 1. The van der Waals surface area contributed by atoms with Gasteiger partial charge in [0.05, 0.1) is 19.4 Å². The largest absolute Gasteiger partial charge is 0.481 e. The molecule has 0 radical (unpaired) electrons. The Kier molecular flexibility index (Phi) is 6.25. The van der Waals surface area contributed by atoms with E-state index in [0.717, 1.165) is 45.6 Å². The summed E-state index contributed by atoms with van der Waals surface area (Å²) in [4.78, 5) is 20.9. The SMILES string of the molecule is COc1cc(CNCCO)nc(Nc2cccc(-c3ccc4c(c3)CCC4=O)c2C)n1. The summed E-state index contributed by atoms with van der Waals surface area (Å²) in [6.45, 7) is 3.11. The zero-order valence-electron chi connectivity index (χ0n) is 17.7. The predicted octanol–water partition coefficient (Wildman–Crippen LogP) is 3.42. The Hall–Kier alpha value is -3.29. The third kappa shape index (κ3) is 4.57. The molecule has 31 heavy (non-hydrogen) atoms. The monoisotopic (exact) mass is 418 g/mol. The highest BCUT2D eigenvalue weighted by Gasteiger charge is 2.20. The van der Waals surface area contributed by atoms with Crippen LogP contribution in [0, 0.1) is 6.92 Å². The van der Waals surface area contributed by atoms with Crippen LogP contribution in [0.4, 0.5) is 11.6 Å². The molecule has 2 aromatic carbocycles. The molecule has 0 atom stereocenters. The van der Waals surface area contributed by atoms with Crippen molar-refractivity contribution in [1.29, 1.82) is 0 Å². The minimum Gasteiger partial charge on any atom is -0.481 e. The van der Waals surface area contributed by atoms with Crippen molar-refractivity contribution in [2.75, 3.05) is 25.6 Å². The number of aryl methyl sites for hydroxylation is 1. The molecule has 3 aromatic rings. The molecule has 0 saturated heterocycles. The van der Waals surface area contributed by atoms with Gasteiger partial charge in [-0.1, -0.05) is 30.3 Å². The number of benzene rings is 2. The fourth-order valence-electron chi connectivity index (χ4n) is 3.85. The van der Waals surface area contributed by atoms with E-state index in [1.54, 1.807) is 13.2 Å². The molecule has 1 aliphatic rings. The maximum Gasteiger partial charge on any atom is 0.230 e. The first kappa shape index (κ1) is 21.0. The Morgan fingerprint density at radius 2 is 1.97 bits per heavy atom. The van der Waals surface area contributed by atoms with Crippen LogP contribution >= 0.6 is 0 Å². The summed E-state index contributed by atoms with van der Waals surface area (Å²) in [6.07, 6.45) is 1.41. The van der Waals surface area contributed by atoms with Crippen molar-refractivity contribution in [3.63, 3.8) is 0 Å². The zero-order chi connectivity index (χ0) is 21.8. The highest BCUT2D eigenvalue weighted by atomic mass is 16.5. The molecule has 4 rings (SSSR count). The van der Waals surface area contributed by atoms with E-state index < -0.39 is 0 Å². The van der Waals surface area contributed by atoms with E-state index in [2.05, 4.69) is 39.7 Å². The van der Waals surface area contributed by atoms with E-state index in [9.17, 15) is 4.79 Å². The van der Waals surface area contributed by atoms with Crippen molar-refractivity contribution in [1.82, 2.24) is 15.3 Å². The number of ether oxygens (including phenoxy) is 1. The lowest BCUT2D eigenvalue weighted by atomic mass is 9.96. The fraction of sp³-hybridized carbons (Fsp3) is 0.292. The lowest BCUT2D eigenvalue weighted by molar-refractivity contribution is 0.0994. The fourth-order valence-corrected chi connectivity index (χ4v) is 3.85.